The van der Waals surface area contributed by atoms with Crippen molar-refractivity contribution in [2.45, 2.75) is 31.5 Å². The number of hydrogen-bond acceptors (Lipinski definition) is 7. The Kier molecular flexibility index (Phi) is 6.73. The number of aromatic nitrogens is 3. The summed E-state index contributed by atoms with van der Waals surface area (Å²) in [5, 5.41) is 12.5. The Bertz CT molecular complexity index is 1350. The first kappa shape index (κ1) is 24.9. The maximum atomic E-state index is 13.0. The topological polar surface area (TPSA) is 117 Å². The van der Waals surface area contributed by atoms with Gasteiger partial charge in [0.15, 0.2) is 0 Å². The summed E-state index contributed by atoms with van der Waals surface area (Å²) < 4.78 is 63.8. The molecule has 3 aromatic heterocycles. The fourth-order valence-corrected chi connectivity index (χ4v) is 4.44. The molecule has 0 aromatic carbocycles. The number of amides is 1. The molecular formula is C22H24F3N5O4S. The number of aliphatic hydroxyl groups is 1. The lowest BCUT2D eigenvalue weighted by Crippen LogP contribution is -2.36. The van der Waals surface area contributed by atoms with Gasteiger partial charge in [0, 0.05) is 44.2 Å². The Morgan fingerprint density at radius 3 is 2.57 bits per heavy atom. The molecule has 3 aromatic rings. The van der Waals surface area contributed by atoms with Gasteiger partial charge in [-0.3, -0.25) is 4.79 Å². The molecule has 1 fully saturated rings. The quantitative estimate of drug-likeness (QED) is 0.522. The number of carbonyl (C=O) groups excluding carboxylic acids is 1. The number of nitrogens with one attached hydrogen (secondary N) is 1. The highest BCUT2D eigenvalue weighted by Crippen LogP contribution is 2.31. The third-order valence-electron chi connectivity index (χ3n) is 5.68. The molecular weight excluding hydrogens is 487 g/mol. The summed E-state index contributed by atoms with van der Waals surface area (Å²) in [6, 6.07) is 4.82. The Morgan fingerprint density at radius 2 is 1.91 bits per heavy atom. The maximum absolute atomic E-state index is 13.0. The van der Waals surface area contributed by atoms with E-state index in [2.05, 4.69) is 15.3 Å². The minimum Gasteiger partial charge on any atom is -0.393 e. The molecule has 0 atom stereocenters. The van der Waals surface area contributed by atoms with E-state index in [0.717, 1.165) is 18.4 Å². The summed E-state index contributed by atoms with van der Waals surface area (Å²) in [6.07, 6.45) is 0.484. The van der Waals surface area contributed by atoms with Crippen LogP contribution >= 0.6 is 0 Å². The third kappa shape index (κ3) is 6.09. The van der Waals surface area contributed by atoms with Gasteiger partial charge in [-0.25, -0.2) is 18.4 Å². The van der Waals surface area contributed by atoms with Gasteiger partial charge in [-0.1, -0.05) is 6.07 Å². The molecule has 4 heterocycles. The number of nitrogens with zero attached hydrogens (tertiary/aromatic N) is 4. The summed E-state index contributed by atoms with van der Waals surface area (Å²) in [5.74, 6) is -0.885. The number of hydrogen-bond donors (Lipinski definition) is 2. The number of pyridine rings is 2. The molecule has 35 heavy (non-hydrogen) atoms. The number of carbonyl (C=O) groups is 1. The van der Waals surface area contributed by atoms with E-state index in [-0.39, 0.29) is 17.9 Å². The van der Waals surface area contributed by atoms with E-state index in [1.54, 1.807) is 22.9 Å². The molecule has 0 spiro atoms. The Balaban J connectivity index is 1.68. The number of aryl methyl sites for hydroxylation is 1. The fraction of sp³-hybridized carbons (Fsp3) is 0.409. The van der Waals surface area contributed by atoms with Crippen molar-refractivity contribution in [2.24, 2.45) is 0 Å². The van der Waals surface area contributed by atoms with Gasteiger partial charge in [0.25, 0.3) is 5.91 Å². The summed E-state index contributed by atoms with van der Waals surface area (Å²) in [5.41, 5.74) is 0.411. The summed E-state index contributed by atoms with van der Waals surface area (Å²) >= 11 is 0. The lowest BCUT2D eigenvalue weighted by molar-refractivity contribution is -0.141. The van der Waals surface area contributed by atoms with Crippen LogP contribution in [0.2, 0.25) is 0 Å². The lowest BCUT2D eigenvalue weighted by atomic mass is 10.1. The molecule has 13 heteroatoms. The highest BCUT2D eigenvalue weighted by atomic mass is 32.2. The van der Waals surface area contributed by atoms with Crippen molar-refractivity contribution < 1.29 is 31.5 Å². The molecule has 1 amide bonds. The van der Waals surface area contributed by atoms with Crippen molar-refractivity contribution in [3.63, 3.8) is 0 Å². The smallest absolute Gasteiger partial charge is 0.393 e. The number of halogens is 3. The number of piperidine rings is 1. The number of imidazole rings is 1. The zero-order valence-electron chi connectivity index (χ0n) is 18.8. The van der Waals surface area contributed by atoms with Gasteiger partial charge in [-0.05, 0) is 25.0 Å². The molecule has 0 unspecified atom stereocenters. The van der Waals surface area contributed by atoms with E-state index < -0.39 is 33.7 Å². The van der Waals surface area contributed by atoms with Crippen molar-refractivity contribution in [3.8, 4) is 0 Å². The number of rotatable bonds is 6. The van der Waals surface area contributed by atoms with Crippen LogP contribution in [-0.2, 0) is 22.4 Å². The maximum Gasteiger partial charge on any atom is 0.433 e. The number of sulfone groups is 1. The fourth-order valence-electron chi connectivity index (χ4n) is 3.86. The molecule has 0 bridgehead atoms. The highest BCUT2D eigenvalue weighted by Gasteiger charge is 2.33. The van der Waals surface area contributed by atoms with Crippen LogP contribution in [0.3, 0.4) is 0 Å². The molecule has 0 radical (unpaired) electrons. The van der Waals surface area contributed by atoms with Crippen LogP contribution in [0.1, 0.15) is 34.7 Å². The molecule has 9 nitrogen and oxygen atoms in total. The molecule has 0 saturated carbocycles. The summed E-state index contributed by atoms with van der Waals surface area (Å²) in [4.78, 5) is 22.7. The summed E-state index contributed by atoms with van der Waals surface area (Å²) in [6.45, 7) is 1.01. The van der Waals surface area contributed by atoms with E-state index in [1.807, 2.05) is 4.90 Å². The van der Waals surface area contributed by atoms with Gasteiger partial charge in [0.2, 0.25) is 0 Å². The average molecular weight is 512 g/mol. The predicted octanol–water partition coefficient (Wildman–Crippen LogP) is 2.55. The van der Waals surface area contributed by atoms with E-state index in [0.29, 0.717) is 48.6 Å². The molecule has 4 rings (SSSR count). The molecule has 1 aliphatic heterocycles. The predicted molar refractivity (Wildman–Crippen MR) is 123 cm³/mol. The lowest BCUT2D eigenvalue weighted by Gasteiger charge is -2.32. The molecule has 0 aliphatic carbocycles. The number of anilines is 2. The number of aliphatic hydroxyl groups excluding tert-OH is 1. The van der Waals surface area contributed by atoms with E-state index in [1.165, 1.54) is 6.07 Å². The van der Waals surface area contributed by atoms with Crippen molar-refractivity contribution in [3.05, 3.63) is 53.7 Å². The zero-order valence-corrected chi connectivity index (χ0v) is 19.6. The van der Waals surface area contributed by atoms with Crippen molar-refractivity contribution in [1.29, 1.82) is 0 Å². The molecule has 1 aliphatic rings. The number of fused-ring (bicyclic) bond motifs is 1. The third-order valence-corrected chi connectivity index (χ3v) is 6.62. The first-order valence-corrected chi connectivity index (χ1v) is 12.9. The van der Waals surface area contributed by atoms with Gasteiger partial charge in [-0.2, -0.15) is 13.2 Å². The Morgan fingerprint density at radius 1 is 1.20 bits per heavy atom. The van der Waals surface area contributed by atoms with Gasteiger partial charge >= 0.3 is 6.18 Å². The van der Waals surface area contributed by atoms with Gasteiger partial charge in [0.1, 0.15) is 26.9 Å². The van der Waals surface area contributed by atoms with Crippen LogP contribution in [0.4, 0.5) is 24.5 Å². The Labute approximate surface area is 199 Å². The van der Waals surface area contributed by atoms with Crippen LogP contribution in [-0.4, -0.2) is 65.0 Å². The van der Waals surface area contributed by atoms with E-state index in [4.69, 9.17) is 0 Å². The second-order valence-corrected chi connectivity index (χ2v) is 10.8. The van der Waals surface area contributed by atoms with Gasteiger partial charge in [0.05, 0.1) is 28.9 Å². The van der Waals surface area contributed by atoms with Crippen LogP contribution in [0.5, 0.6) is 0 Å². The summed E-state index contributed by atoms with van der Waals surface area (Å²) in [7, 11) is -3.18. The first-order chi connectivity index (χ1) is 16.4. The van der Waals surface area contributed by atoms with E-state index >= 15 is 0 Å². The van der Waals surface area contributed by atoms with Gasteiger partial charge < -0.3 is 19.7 Å². The second kappa shape index (κ2) is 9.46. The van der Waals surface area contributed by atoms with Crippen LogP contribution in [0.15, 0.2) is 36.7 Å². The monoisotopic (exact) mass is 511 g/mol. The highest BCUT2D eigenvalue weighted by molar-refractivity contribution is 7.90. The van der Waals surface area contributed by atoms with Crippen LogP contribution in [0.25, 0.3) is 5.65 Å². The molecule has 188 valence electrons. The van der Waals surface area contributed by atoms with Crippen molar-refractivity contribution in [2.75, 3.05) is 35.3 Å². The minimum atomic E-state index is -4.69. The SMILES string of the molecule is CS(=O)(=O)CCc1cn2cc(NC(=O)c3cccc(C(F)(F)F)n3)c(N3CCC(O)CC3)cc2n1. The molecule has 2 N–H and O–H groups in total. The molecule has 1 saturated heterocycles. The standard InChI is InChI=1S/C22H24F3N5O4S/c1-35(33,34)10-7-14-12-30-13-17(18(11-20(30)26-14)29-8-5-15(31)6-9-29)28-21(32)16-3-2-4-19(27-16)22(23,24)25/h2-4,11-13,15,31H,5-10H2,1H3,(H,28,32). The minimum absolute atomic E-state index is 0.0709. The number of alkyl halides is 3. The zero-order chi connectivity index (χ0) is 25.4. The first-order valence-electron chi connectivity index (χ1n) is 10.9. The normalized spacial score (nSPS) is 15.5. The largest absolute Gasteiger partial charge is 0.433 e. The van der Waals surface area contributed by atoms with Crippen LogP contribution < -0.4 is 10.2 Å². The van der Waals surface area contributed by atoms with Gasteiger partial charge in [-0.15, -0.1) is 0 Å². The Hall–Kier alpha value is -3.19. The van der Waals surface area contributed by atoms with E-state index in [9.17, 15) is 31.5 Å². The van der Waals surface area contributed by atoms with Crippen molar-refractivity contribution >= 4 is 32.8 Å². The second-order valence-electron chi connectivity index (χ2n) is 8.53. The average Bonchev–Trinajstić information content (AvgIpc) is 3.19. The van der Waals surface area contributed by atoms with Crippen molar-refractivity contribution in [1.82, 2.24) is 14.4 Å². The van der Waals surface area contributed by atoms with Crippen LogP contribution in [0, 0.1) is 0 Å².